The molecule has 0 aliphatic rings. The fraction of sp³-hybridized carbons (Fsp3) is 0.641. The fourth-order valence-electron chi connectivity index (χ4n) is 5.26. The van der Waals surface area contributed by atoms with E-state index in [1.807, 2.05) is 24.3 Å². The molecule has 0 radical (unpaired) electrons. The van der Waals surface area contributed by atoms with Crippen molar-refractivity contribution in [2.75, 3.05) is 31.3 Å². The van der Waals surface area contributed by atoms with Crippen molar-refractivity contribution in [3.8, 4) is 11.5 Å². The van der Waals surface area contributed by atoms with Gasteiger partial charge >= 0.3 is 5.97 Å². The molecule has 0 saturated heterocycles. The van der Waals surface area contributed by atoms with Crippen molar-refractivity contribution in [1.82, 2.24) is 0 Å². The van der Waals surface area contributed by atoms with E-state index < -0.39 is 0 Å². The van der Waals surface area contributed by atoms with Gasteiger partial charge in [-0.25, -0.2) is 0 Å². The summed E-state index contributed by atoms with van der Waals surface area (Å²) in [5, 5.41) is 21.8. The van der Waals surface area contributed by atoms with Crippen molar-refractivity contribution >= 4 is 23.5 Å². The number of benzene rings is 2. The molecule has 2 rings (SSSR count). The lowest BCUT2D eigenvalue weighted by molar-refractivity contribution is -0.142. The molecule has 0 spiro atoms. The van der Waals surface area contributed by atoms with E-state index in [0.29, 0.717) is 55.5 Å². The summed E-state index contributed by atoms with van der Waals surface area (Å²) in [6.07, 6.45) is 1.84. The molecule has 0 heterocycles. The van der Waals surface area contributed by atoms with Crippen LogP contribution in [0.4, 0.5) is 0 Å². The number of phenolic OH excluding ortho intramolecular Hbond substituents is 2. The Labute approximate surface area is 283 Å². The third kappa shape index (κ3) is 12.3. The maximum absolute atomic E-state index is 12.5. The van der Waals surface area contributed by atoms with Gasteiger partial charge < -0.3 is 19.7 Å². The number of ketones is 1. The number of aryl methyl sites for hydroxylation is 2. The monoisotopic (exact) mass is 656 g/mol. The van der Waals surface area contributed by atoms with Crippen LogP contribution in [0.1, 0.15) is 129 Å². The second-order valence-electron chi connectivity index (χ2n) is 16.5. The lowest BCUT2D eigenvalue weighted by Gasteiger charge is -2.28. The predicted octanol–water partition coefficient (Wildman–Crippen LogP) is 8.72. The Bertz CT molecular complexity index is 1160. The third-order valence-electron chi connectivity index (χ3n) is 8.01. The zero-order valence-electron chi connectivity index (χ0n) is 30.6. The van der Waals surface area contributed by atoms with Gasteiger partial charge in [-0.1, -0.05) is 107 Å². The summed E-state index contributed by atoms with van der Waals surface area (Å²) in [7, 11) is 0. The molecule has 46 heavy (non-hydrogen) atoms. The Kier molecular flexibility index (Phi) is 13.8. The molecular weight excluding hydrogens is 596 g/mol. The number of aromatic hydroxyl groups is 2. The first-order chi connectivity index (χ1) is 21.0. The first-order valence-corrected chi connectivity index (χ1v) is 17.7. The van der Waals surface area contributed by atoms with E-state index in [-0.39, 0.29) is 46.4 Å². The molecule has 2 N–H and O–H groups in total. The van der Waals surface area contributed by atoms with Gasteiger partial charge in [0, 0.05) is 24.3 Å². The number of phenols is 2. The predicted molar refractivity (Wildman–Crippen MR) is 192 cm³/mol. The van der Waals surface area contributed by atoms with E-state index in [1.54, 1.807) is 11.8 Å². The Morgan fingerprint density at radius 1 is 0.609 bits per heavy atom. The maximum Gasteiger partial charge on any atom is 0.306 e. The van der Waals surface area contributed by atoms with Crippen LogP contribution in [0.3, 0.4) is 0 Å². The molecule has 2 aromatic carbocycles. The average molecular weight is 657 g/mol. The molecule has 258 valence electrons. The molecule has 0 unspecified atom stereocenters. The number of esters is 1. The topological polar surface area (TPSA) is 93.1 Å². The van der Waals surface area contributed by atoms with Crippen LogP contribution in [0.5, 0.6) is 11.5 Å². The average Bonchev–Trinajstić information content (AvgIpc) is 2.90. The van der Waals surface area contributed by atoms with Crippen molar-refractivity contribution in [3.63, 3.8) is 0 Å². The zero-order valence-corrected chi connectivity index (χ0v) is 31.4. The number of Topliss-reactive ketones (excluding diaryl/α,β-unsaturated/α-hetero) is 1. The van der Waals surface area contributed by atoms with Crippen LogP contribution in [0.2, 0.25) is 0 Å². The van der Waals surface area contributed by atoms with Crippen LogP contribution in [0.25, 0.3) is 0 Å². The van der Waals surface area contributed by atoms with Gasteiger partial charge in [0.1, 0.15) is 24.7 Å². The van der Waals surface area contributed by atoms with Crippen LogP contribution >= 0.6 is 11.8 Å². The second kappa shape index (κ2) is 16.1. The molecule has 0 fully saturated rings. The molecule has 0 saturated carbocycles. The van der Waals surface area contributed by atoms with Gasteiger partial charge in [0.25, 0.3) is 0 Å². The molecule has 0 aromatic heterocycles. The molecule has 0 amide bonds. The SMILES string of the molecule is CC(C)(C)c1cc(CCC(=O)COCCSCCOC(=O)CCc2cc(C(C)(C)C)c(O)c(C(C)(C)C)c2)cc(C(C)(C)C)c1O. The highest BCUT2D eigenvalue weighted by atomic mass is 32.2. The number of hydrogen-bond donors (Lipinski definition) is 2. The van der Waals surface area contributed by atoms with E-state index in [9.17, 15) is 19.8 Å². The normalized spacial score (nSPS) is 12.8. The van der Waals surface area contributed by atoms with E-state index >= 15 is 0 Å². The number of carbonyl (C=O) groups excluding carboxylic acids is 2. The van der Waals surface area contributed by atoms with Gasteiger partial charge in [-0.05, 0) is 67.9 Å². The van der Waals surface area contributed by atoms with Crippen LogP contribution in [-0.2, 0) is 53.6 Å². The van der Waals surface area contributed by atoms with Gasteiger partial charge in [-0.15, -0.1) is 0 Å². The van der Waals surface area contributed by atoms with Crippen molar-refractivity contribution < 1.29 is 29.3 Å². The Hall–Kier alpha value is -2.51. The molecule has 0 bridgehead atoms. The zero-order chi connectivity index (χ0) is 35.1. The lowest BCUT2D eigenvalue weighted by atomic mass is 9.78. The fourth-order valence-corrected chi connectivity index (χ4v) is 5.90. The van der Waals surface area contributed by atoms with Gasteiger partial charge in [0.05, 0.1) is 6.61 Å². The van der Waals surface area contributed by atoms with Crippen molar-refractivity contribution in [2.45, 2.75) is 130 Å². The van der Waals surface area contributed by atoms with Crippen LogP contribution in [0, 0.1) is 0 Å². The van der Waals surface area contributed by atoms with E-state index in [4.69, 9.17) is 9.47 Å². The standard InChI is InChI=1S/C39H60O6S/c1-36(2,3)29-21-26(22-30(34(29)42)37(4,5)6)13-15-28(40)25-44-17-19-46-20-18-45-33(41)16-14-27-23-31(38(7,8)9)35(43)32(24-27)39(10,11)12/h21-24,42-43H,13-20,25H2,1-12H3. The quantitative estimate of drug-likeness (QED) is 0.155. The van der Waals surface area contributed by atoms with Crippen LogP contribution in [-0.4, -0.2) is 53.3 Å². The number of ether oxygens (including phenoxy) is 2. The van der Waals surface area contributed by atoms with Crippen molar-refractivity contribution in [1.29, 1.82) is 0 Å². The summed E-state index contributed by atoms with van der Waals surface area (Å²) in [6, 6.07) is 8.08. The second-order valence-corrected chi connectivity index (χ2v) is 17.7. The molecule has 0 aliphatic carbocycles. The van der Waals surface area contributed by atoms with Crippen LogP contribution in [0.15, 0.2) is 24.3 Å². The Morgan fingerprint density at radius 3 is 1.37 bits per heavy atom. The van der Waals surface area contributed by atoms with Gasteiger partial charge in [-0.3, -0.25) is 9.59 Å². The maximum atomic E-state index is 12.5. The summed E-state index contributed by atoms with van der Waals surface area (Å²) in [5.74, 6) is 1.89. The van der Waals surface area contributed by atoms with Gasteiger partial charge in [0.2, 0.25) is 0 Å². The number of thioether (sulfide) groups is 1. The third-order valence-corrected chi connectivity index (χ3v) is 8.92. The van der Waals surface area contributed by atoms with Gasteiger partial charge in [0.15, 0.2) is 5.78 Å². The minimum absolute atomic E-state index is 0.0551. The highest BCUT2D eigenvalue weighted by molar-refractivity contribution is 7.99. The Morgan fingerprint density at radius 2 is 0.978 bits per heavy atom. The van der Waals surface area contributed by atoms with Gasteiger partial charge in [-0.2, -0.15) is 11.8 Å². The lowest BCUT2D eigenvalue weighted by Crippen LogP contribution is -2.18. The Balaban J connectivity index is 1.71. The van der Waals surface area contributed by atoms with E-state index in [1.165, 1.54) is 0 Å². The van der Waals surface area contributed by atoms with E-state index in [2.05, 4.69) is 83.1 Å². The van der Waals surface area contributed by atoms with Crippen molar-refractivity contribution in [3.05, 3.63) is 57.6 Å². The molecular formula is C39H60O6S. The largest absolute Gasteiger partial charge is 0.507 e. The molecule has 0 atom stereocenters. The first-order valence-electron chi connectivity index (χ1n) is 16.6. The molecule has 2 aromatic rings. The number of rotatable bonds is 14. The highest BCUT2D eigenvalue weighted by Gasteiger charge is 2.28. The summed E-state index contributed by atoms with van der Waals surface area (Å²) >= 11 is 1.63. The first kappa shape index (κ1) is 39.7. The summed E-state index contributed by atoms with van der Waals surface area (Å²) in [6.45, 7) is 25.9. The highest BCUT2D eigenvalue weighted by Crippen LogP contribution is 2.41. The van der Waals surface area contributed by atoms with Crippen LogP contribution < -0.4 is 0 Å². The minimum atomic E-state index is -0.233. The molecule has 7 heteroatoms. The van der Waals surface area contributed by atoms with E-state index in [0.717, 1.165) is 33.4 Å². The summed E-state index contributed by atoms with van der Waals surface area (Å²) in [5.41, 5.74) is 4.84. The summed E-state index contributed by atoms with van der Waals surface area (Å²) in [4.78, 5) is 24.9. The minimum Gasteiger partial charge on any atom is -0.507 e. The molecule has 0 aliphatic heterocycles. The number of carbonyl (C=O) groups is 2. The summed E-state index contributed by atoms with van der Waals surface area (Å²) < 4.78 is 11.1. The van der Waals surface area contributed by atoms with Crippen molar-refractivity contribution in [2.24, 2.45) is 0 Å². The smallest absolute Gasteiger partial charge is 0.306 e. The molecule has 6 nitrogen and oxygen atoms in total. The number of hydrogen-bond acceptors (Lipinski definition) is 7.